The molecule has 1 saturated heterocycles. The molecule has 0 unspecified atom stereocenters. The predicted molar refractivity (Wildman–Crippen MR) is 91.9 cm³/mol. The van der Waals surface area contributed by atoms with Crippen molar-refractivity contribution in [1.82, 2.24) is 15.3 Å². The molecule has 6 heteroatoms. The molecular weight excluding hydrogens is 312 g/mol. The summed E-state index contributed by atoms with van der Waals surface area (Å²) >= 11 is 6.26. The quantitative estimate of drug-likeness (QED) is 0.782. The molecule has 3 heterocycles. The van der Waals surface area contributed by atoms with Crippen LogP contribution in [0.15, 0.2) is 40.9 Å². The van der Waals surface area contributed by atoms with E-state index in [1.807, 2.05) is 30.3 Å². The third kappa shape index (κ3) is 2.66. The Hall–Kier alpha value is -2.11. The Morgan fingerprint density at radius 1 is 1.35 bits per heavy atom. The molecule has 5 nitrogen and oxygen atoms in total. The number of rotatable bonds is 2. The van der Waals surface area contributed by atoms with Crippen molar-refractivity contribution in [3.63, 3.8) is 0 Å². The highest BCUT2D eigenvalue weighted by molar-refractivity contribution is 6.31. The summed E-state index contributed by atoms with van der Waals surface area (Å²) in [4.78, 5) is 11.2. The zero-order valence-corrected chi connectivity index (χ0v) is 13.5. The molecule has 0 amide bonds. The van der Waals surface area contributed by atoms with E-state index in [1.54, 1.807) is 6.20 Å². The molecule has 1 N–H and O–H groups in total. The Morgan fingerprint density at radius 3 is 3.04 bits per heavy atom. The molecule has 2 aromatic heterocycles. The number of oxazole rings is 1. The van der Waals surface area contributed by atoms with E-state index in [0.29, 0.717) is 17.1 Å². The lowest BCUT2D eigenvalue weighted by atomic mass is 10.1. The van der Waals surface area contributed by atoms with Crippen LogP contribution in [0.5, 0.6) is 0 Å². The van der Waals surface area contributed by atoms with E-state index in [4.69, 9.17) is 16.0 Å². The molecule has 1 atom stereocenters. The summed E-state index contributed by atoms with van der Waals surface area (Å²) in [5.74, 6) is 0. The minimum atomic E-state index is 0.339. The number of anilines is 1. The Bertz CT molecular complexity index is 833. The molecule has 0 spiro atoms. The Labute approximate surface area is 139 Å². The van der Waals surface area contributed by atoms with Gasteiger partial charge >= 0.3 is 0 Å². The van der Waals surface area contributed by atoms with Gasteiger partial charge in [-0.25, -0.2) is 0 Å². The standard InChI is InChI=1S/C17H17ClN4O/c1-11-10-19-6-7-22(11)17-21-15-9-12(18)8-13(16(15)23-17)14-4-2-3-5-20-14/h2-5,8-9,11,19H,6-7,10H2,1H3/t11-/m0/s1. The van der Waals surface area contributed by atoms with E-state index in [0.717, 1.165) is 42.0 Å². The third-order valence-corrected chi connectivity index (χ3v) is 4.35. The molecule has 1 fully saturated rings. The number of aromatic nitrogens is 2. The summed E-state index contributed by atoms with van der Waals surface area (Å²) in [6.45, 7) is 4.89. The number of benzene rings is 1. The van der Waals surface area contributed by atoms with Crippen LogP contribution >= 0.6 is 11.6 Å². The maximum atomic E-state index is 6.26. The second-order valence-corrected chi connectivity index (χ2v) is 6.20. The van der Waals surface area contributed by atoms with E-state index >= 15 is 0 Å². The SMILES string of the molecule is C[C@H]1CNCCN1c1nc2cc(Cl)cc(-c3ccccn3)c2o1. The number of hydrogen-bond donors (Lipinski definition) is 1. The highest BCUT2D eigenvalue weighted by Crippen LogP contribution is 2.34. The predicted octanol–water partition coefficient (Wildman–Crippen LogP) is 3.34. The molecule has 0 bridgehead atoms. The Kier molecular flexibility index (Phi) is 3.67. The van der Waals surface area contributed by atoms with Gasteiger partial charge in [-0.15, -0.1) is 0 Å². The molecule has 3 aromatic rings. The van der Waals surface area contributed by atoms with Crippen molar-refractivity contribution in [1.29, 1.82) is 0 Å². The zero-order chi connectivity index (χ0) is 15.8. The number of fused-ring (bicyclic) bond motifs is 1. The molecule has 0 saturated carbocycles. The average molecular weight is 329 g/mol. The lowest BCUT2D eigenvalue weighted by Gasteiger charge is -2.32. The topological polar surface area (TPSA) is 54.2 Å². The molecule has 0 aliphatic carbocycles. The van der Waals surface area contributed by atoms with Gasteiger partial charge in [-0.1, -0.05) is 17.7 Å². The van der Waals surface area contributed by atoms with Crippen LogP contribution in [0.25, 0.3) is 22.4 Å². The monoisotopic (exact) mass is 328 g/mol. The number of nitrogens with zero attached hydrogens (tertiary/aromatic N) is 3. The maximum Gasteiger partial charge on any atom is 0.298 e. The number of halogens is 1. The van der Waals surface area contributed by atoms with Crippen LogP contribution in [0, 0.1) is 0 Å². The van der Waals surface area contributed by atoms with E-state index in [2.05, 4.69) is 27.1 Å². The van der Waals surface area contributed by atoms with Gasteiger partial charge in [0, 0.05) is 42.5 Å². The number of pyridine rings is 1. The van der Waals surface area contributed by atoms with Crippen LogP contribution in [-0.2, 0) is 0 Å². The van der Waals surface area contributed by atoms with Gasteiger partial charge < -0.3 is 14.6 Å². The molecule has 1 aliphatic heterocycles. The molecule has 1 aliphatic rings. The van der Waals surface area contributed by atoms with Crippen LogP contribution in [0.1, 0.15) is 6.92 Å². The highest BCUT2D eigenvalue weighted by atomic mass is 35.5. The van der Waals surface area contributed by atoms with Gasteiger partial charge in [0.25, 0.3) is 6.01 Å². The van der Waals surface area contributed by atoms with Crippen LogP contribution in [0.3, 0.4) is 0 Å². The van der Waals surface area contributed by atoms with Gasteiger partial charge in [0.05, 0.1) is 5.69 Å². The fourth-order valence-corrected chi connectivity index (χ4v) is 3.16. The lowest BCUT2D eigenvalue weighted by molar-refractivity contribution is 0.456. The van der Waals surface area contributed by atoms with Crippen molar-refractivity contribution in [3.05, 3.63) is 41.6 Å². The molecular formula is C17H17ClN4O. The van der Waals surface area contributed by atoms with Crippen LogP contribution < -0.4 is 10.2 Å². The molecule has 1 aromatic carbocycles. The largest absolute Gasteiger partial charge is 0.423 e. The molecule has 0 radical (unpaired) electrons. The first-order valence-electron chi connectivity index (χ1n) is 7.71. The van der Waals surface area contributed by atoms with Crippen molar-refractivity contribution in [2.24, 2.45) is 0 Å². The van der Waals surface area contributed by atoms with Crippen molar-refractivity contribution in [3.8, 4) is 11.3 Å². The minimum absolute atomic E-state index is 0.339. The summed E-state index contributed by atoms with van der Waals surface area (Å²) in [7, 11) is 0. The van der Waals surface area contributed by atoms with Gasteiger partial charge in [0.1, 0.15) is 5.52 Å². The number of nitrogens with one attached hydrogen (secondary N) is 1. The van der Waals surface area contributed by atoms with Gasteiger partial charge in [-0.2, -0.15) is 4.98 Å². The summed E-state index contributed by atoms with van der Waals surface area (Å²) in [6, 6.07) is 10.5. The average Bonchev–Trinajstić information content (AvgIpc) is 2.99. The van der Waals surface area contributed by atoms with E-state index in [9.17, 15) is 0 Å². The molecule has 118 valence electrons. The fraction of sp³-hybridized carbons (Fsp3) is 0.294. The van der Waals surface area contributed by atoms with Crippen molar-refractivity contribution in [2.75, 3.05) is 24.5 Å². The fourth-order valence-electron chi connectivity index (χ4n) is 2.95. The first kappa shape index (κ1) is 14.5. The summed E-state index contributed by atoms with van der Waals surface area (Å²) < 4.78 is 6.11. The van der Waals surface area contributed by atoms with Crippen LogP contribution in [-0.4, -0.2) is 35.6 Å². The smallest absolute Gasteiger partial charge is 0.298 e. The van der Waals surface area contributed by atoms with E-state index < -0.39 is 0 Å². The van der Waals surface area contributed by atoms with Gasteiger partial charge in [0.2, 0.25) is 0 Å². The highest BCUT2D eigenvalue weighted by Gasteiger charge is 2.24. The van der Waals surface area contributed by atoms with E-state index in [-0.39, 0.29) is 0 Å². The maximum absolute atomic E-state index is 6.26. The van der Waals surface area contributed by atoms with Crippen molar-refractivity contribution >= 4 is 28.7 Å². The van der Waals surface area contributed by atoms with E-state index in [1.165, 1.54) is 0 Å². The summed E-state index contributed by atoms with van der Waals surface area (Å²) in [5, 5.41) is 4.00. The summed E-state index contributed by atoms with van der Waals surface area (Å²) in [6.07, 6.45) is 1.76. The Balaban J connectivity index is 1.85. The molecule has 4 rings (SSSR count). The zero-order valence-electron chi connectivity index (χ0n) is 12.8. The Morgan fingerprint density at radius 2 is 2.26 bits per heavy atom. The number of hydrogen-bond acceptors (Lipinski definition) is 5. The number of piperazine rings is 1. The lowest BCUT2D eigenvalue weighted by Crippen LogP contribution is -2.50. The third-order valence-electron chi connectivity index (χ3n) is 4.13. The van der Waals surface area contributed by atoms with Gasteiger partial charge in [-0.05, 0) is 31.2 Å². The van der Waals surface area contributed by atoms with Crippen molar-refractivity contribution < 1.29 is 4.42 Å². The van der Waals surface area contributed by atoms with Crippen LogP contribution in [0.2, 0.25) is 5.02 Å². The van der Waals surface area contributed by atoms with Crippen LogP contribution in [0.4, 0.5) is 6.01 Å². The first-order valence-corrected chi connectivity index (χ1v) is 8.09. The normalized spacial score (nSPS) is 18.5. The second-order valence-electron chi connectivity index (χ2n) is 5.76. The summed E-state index contributed by atoms with van der Waals surface area (Å²) in [5.41, 5.74) is 3.19. The van der Waals surface area contributed by atoms with Crippen molar-refractivity contribution in [2.45, 2.75) is 13.0 Å². The minimum Gasteiger partial charge on any atom is -0.423 e. The second kappa shape index (κ2) is 5.83. The van der Waals surface area contributed by atoms with Gasteiger partial charge in [0.15, 0.2) is 5.58 Å². The van der Waals surface area contributed by atoms with Gasteiger partial charge in [-0.3, -0.25) is 4.98 Å². The molecule has 23 heavy (non-hydrogen) atoms. The first-order chi connectivity index (χ1) is 11.2.